The van der Waals surface area contributed by atoms with Crippen LogP contribution in [-0.2, 0) is 0 Å². The van der Waals surface area contributed by atoms with E-state index < -0.39 is 10.9 Å². The molecule has 0 radical (unpaired) electrons. The molecular weight excluding hydrogens is 370 g/mol. The van der Waals surface area contributed by atoms with Gasteiger partial charge in [-0.25, -0.2) is 4.79 Å². The van der Waals surface area contributed by atoms with E-state index in [1.807, 2.05) is 19.1 Å². The van der Waals surface area contributed by atoms with Gasteiger partial charge in [0.2, 0.25) is 0 Å². The number of rotatable bonds is 6. The standard InChI is InChI=1S/C23H17NO5/c1-16-5-2-3-8-21(16)23(26)29-20-12-10-18(11-13-20)22(25)14-9-17-6-4-7-19(15-17)24(27)28/h2-15H,1H3/b14-9+. The molecule has 0 saturated carbocycles. The predicted molar refractivity (Wildman–Crippen MR) is 109 cm³/mol. The van der Waals surface area contributed by atoms with E-state index in [2.05, 4.69) is 0 Å². The molecule has 0 aromatic heterocycles. The van der Waals surface area contributed by atoms with Crippen LogP contribution in [0.3, 0.4) is 0 Å². The molecular formula is C23H17NO5. The summed E-state index contributed by atoms with van der Waals surface area (Å²) in [6, 6.07) is 19.3. The summed E-state index contributed by atoms with van der Waals surface area (Å²) in [6.45, 7) is 1.83. The van der Waals surface area contributed by atoms with Crippen LogP contribution in [0.25, 0.3) is 6.08 Å². The van der Waals surface area contributed by atoms with Crippen LogP contribution in [0.5, 0.6) is 5.75 Å². The highest BCUT2D eigenvalue weighted by molar-refractivity contribution is 6.07. The van der Waals surface area contributed by atoms with Gasteiger partial charge < -0.3 is 4.74 Å². The molecule has 0 spiro atoms. The second-order valence-corrected chi connectivity index (χ2v) is 6.28. The highest BCUT2D eigenvalue weighted by Gasteiger charge is 2.11. The molecule has 0 aliphatic rings. The Morgan fingerprint density at radius 1 is 0.966 bits per heavy atom. The molecule has 0 fully saturated rings. The molecule has 0 aliphatic heterocycles. The Bertz CT molecular complexity index is 1100. The van der Waals surface area contributed by atoms with Gasteiger partial charge in [0, 0.05) is 17.7 Å². The molecule has 0 N–H and O–H groups in total. The number of nitro groups is 1. The SMILES string of the molecule is Cc1ccccc1C(=O)Oc1ccc(C(=O)/C=C/c2cccc([N+](=O)[O-])c2)cc1. The van der Waals surface area contributed by atoms with Crippen molar-refractivity contribution in [2.75, 3.05) is 0 Å². The largest absolute Gasteiger partial charge is 0.423 e. The van der Waals surface area contributed by atoms with Crippen molar-refractivity contribution in [3.05, 3.63) is 111 Å². The number of hydrogen-bond acceptors (Lipinski definition) is 5. The Kier molecular flexibility index (Phi) is 5.94. The summed E-state index contributed by atoms with van der Waals surface area (Å²) in [5.41, 5.74) is 2.21. The maximum Gasteiger partial charge on any atom is 0.343 e. The van der Waals surface area contributed by atoms with Crippen molar-refractivity contribution in [3.63, 3.8) is 0 Å². The summed E-state index contributed by atoms with van der Waals surface area (Å²) < 4.78 is 5.35. The minimum atomic E-state index is -0.490. The zero-order valence-corrected chi connectivity index (χ0v) is 15.6. The molecule has 3 aromatic carbocycles. The minimum Gasteiger partial charge on any atom is -0.423 e. The van der Waals surface area contributed by atoms with Crippen LogP contribution in [0.2, 0.25) is 0 Å². The molecule has 144 valence electrons. The monoisotopic (exact) mass is 387 g/mol. The van der Waals surface area contributed by atoms with Gasteiger partial charge >= 0.3 is 5.97 Å². The van der Waals surface area contributed by atoms with Crippen LogP contribution in [0, 0.1) is 17.0 Å². The van der Waals surface area contributed by atoms with Crippen LogP contribution in [0.4, 0.5) is 5.69 Å². The number of ketones is 1. The Morgan fingerprint density at radius 2 is 1.69 bits per heavy atom. The van der Waals surface area contributed by atoms with E-state index in [9.17, 15) is 19.7 Å². The van der Waals surface area contributed by atoms with Crippen molar-refractivity contribution in [3.8, 4) is 5.75 Å². The van der Waals surface area contributed by atoms with Crippen LogP contribution < -0.4 is 4.74 Å². The first-order valence-corrected chi connectivity index (χ1v) is 8.79. The number of carbonyl (C=O) groups is 2. The number of carbonyl (C=O) groups excluding carboxylic acids is 2. The third kappa shape index (κ3) is 5.01. The van der Waals surface area contributed by atoms with E-state index in [-0.39, 0.29) is 11.5 Å². The van der Waals surface area contributed by atoms with Gasteiger partial charge in [-0.15, -0.1) is 0 Å². The first-order chi connectivity index (χ1) is 13.9. The average Bonchev–Trinajstić information content (AvgIpc) is 2.73. The Labute approximate surface area is 167 Å². The topological polar surface area (TPSA) is 86.5 Å². The van der Waals surface area contributed by atoms with Gasteiger partial charge in [0.1, 0.15) is 5.75 Å². The molecule has 0 bridgehead atoms. The summed E-state index contributed by atoms with van der Waals surface area (Å²) in [5, 5.41) is 10.8. The van der Waals surface area contributed by atoms with Crippen molar-refractivity contribution in [2.24, 2.45) is 0 Å². The first kappa shape index (κ1) is 19.7. The summed E-state index contributed by atoms with van der Waals surface area (Å²) in [5.74, 6) is -0.404. The molecule has 0 saturated heterocycles. The predicted octanol–water partition coefficient (Wildman–Crippen LogP) is 5.02. The van der Waals surface area contributed by atoms with Gasteiger partial charge in [0.25, 0.3) is 5.69 Å². The van der Waals surface area contributed by atoms with E-state index in [4.69, 9.17) is 4.74 Å². The number of nitro benzene ring substituents is 1. The molecule has 6 nitrogen and oxygen atoms in total. The fourth-order valence-corrected chi connectivity index (χ4v) is 2.66. The lowest BCUT2D eigenvalue weighted by Crippen LogP contribution is -2.10. The molecule has 0 unspecified atom stereocenters. The summed E-state index contributed by atoms with van der Waals surface area (Å²) in [7, 11) is 0. The molecule has 3 rings (SSSR count). The Hall–Kier alpha value is -4.06. The van der Waals surface area contributed by atoms with Gasteiger partial charge in [0.05, 0.1) is 10.5 Å². The molecule has 0 atom stereocenters. The van der Waals surface area contributed by atoms with E-state index >= 15 is 0 Å². The lowest BCUT2D eigenvalue weighted by molar-refractivity contribution is -0.384. The average molecular weight is 387 g/mol. The maximum atomic E-state index is 12.3. The first-order valence-electron chi connectivity index (χ1n) is 8.79. The number of esters is 1. The van der Waals surface area contributed by atoms with Crippen LogP contribution in [0.15, 0.2) is 78.9 Å². The summed E-state index contributed by atoms with van der Waals surface area (Å²) >= 11 is 0. The number of non-ortho nitro benzene ring substituents is 1. The highest BCUT2D eigenvalue weighted by Crippen LogP contribution is 2.18. The van der Waals surface area contributed by atoms with Gasteiger partial charge in [-0.2, -0.15) is 0 Å². The van der Waals surface area contributed by atoms with Crippen LogP contribution >= 0.6 is 0 Å². The number of nitrogens with zero attached hydrogens (tertiary/aromatic N) is 1. The molecule has 0 heterocycles. The van der Waals surface area contributed by atoms with E-state index in [1.165, 1.54) is 24.3 Å². The van der Waals surface area contributed by atoms with Crippen molar-refractivity contribution in [1.82, 2.24) is 0 Å². The molecule has 0 amide bonds. The molecule has 0 aliphatic carbocycles. The highest BCUT2D eigenvalue weighted by atomic mass is 16.6. The van der Waals surface area contributed by atoms with Crippen molar-refractivity contribution >= 4 is 23.5 Å². The fraction of sp³-hybridized carbons (Fsp3) is 0.0435. The molecule has 3 aromatic rings. The second kappa shape index (κ2) is 8.75. The van der Waals surface area contributed by atoms with Gasteiger partial charge in [0.15, 0.2) is 5.78 Å². The fourth-order valence-electron chi connectivity index (χ4n) is 2.66. The van der Waals surface area contributed by atoms with Gasteiger partial charge in [-0.3, -0.25) is 14.9 Å². The van der Waals surface area contributed by atoms with Crippen LogP contribution in [-0.4, -0.2) is 16.7 Å². The molecule has 29 heavy (non-hydrogen) atoms. The number of ether oxygens (including phenoxy) is 1. The number of hydrogen-bond donors (Lipinski definition) is 0. The third-order valence-electron chi connectivity index (χ3n) is 4.22. The van der Waals surface area contributed by atoms with E-state index in [0.717, 1.165) is 5.56 Å². The van der Waals surface area contributed by atoms with Crippen molar-refractivity contribution < 1.29 is 19.2 Å². The number of benzene rings is 3. The lowest BCUT2D eigenvalue weighted by Gasteiger charge is -2.07. The molecule has 6 heteroatoms. The summed E-state index contributed by atoms with van der Waals surface area (Å²) in [6.07, 6.45) is 2.86. The minimum absolute atomic E-state index is 0.0422. The quantitative estimate of drug-likeness (QED) is 0.148. The smallest absolute Gasteiger partial charge is 0.343 e. The zero-order valence-electron chi connectivity index (χ0n) is 15.6. The van der Waals surface area contributed by atoms with E-state index in [1.54, 1.807) is 48.5 Å². The van der Waals surface area contributed by atoms with Crippen LogP contribution in [0.1, 0.15) is 31.8 Å². The van der Waals surface area contributed by atoms with Gasteiger partial charge in [-0.1, -0.05) is 36.4 Å². The normalized spacial score (nSPS) is 10.7. The number of aryl methyl sites for hydroxylation is 1. The van der Waals surface area contributed by atoms with Crippen molar-refractivity contribution in [1.29, 1.82) is 0 Å². The zero-order chi connectivity index (χ0) is 20.8. The van der Waals surface area contributed by atoms with Crippen molar-refractivity contribution in [2.45, 2.75) is 6.92 Å². The Morgan fingerprint density at radius 3 is 2.38 bits per heavy atom. The second-order valence-electron chi connectivity index (χ2n) is 6.28. The number of allylic oxidation sites excluding steroid dienone is 1. The third-order valence-corrected chi connectivity index (χ3v) is 4.22. The maximum absolute atomic E-state index is 12.3. The van der Waals surface area contributed by atoms with Gasteiger partial charge in [-0.05, 0) is 54.5 Å². The van der Waals surface area contributed by atoms with E-state index in [0.29, 0.717) is 22.4 Å². The lowest BCUT2D eigenvalue weighted by atomic mass is 10.1. The summed E-state index contributed by atoms with van der Waals surface area (Å²) in [4.78, 5) is 34.9. The Balaban J connectivity index is 1.67.